The van der Waals surface area contributed by atoms with Crippen LogP contribution in [0.1, 0.15) is 24.5 Å². The molecule has 1 aliphatic heterocycles. The van der Waals surface area contributed by atoms with E-state index >= 15 is 0 Å². The highest BCUT2D eigenvalue weighted by Gasteiger charge is 2.27. The van der Waals surface area contributed by atoms with E-state index in [1.165, 1.54) is 0 Å². The smallest absolute Gasteiger partial charge is 0.246 e. The Morgan fingerprint density at radius 3 is 2.89 bits per heavy atom. The van der Waals surface area contributed by atoms with Crippen molar-refractivity contribution < 1.29 is 4.79 Å². The number of likely N-dealkylation sites (tertiary alicyclic amines) is 1. The fraction of sp³-hybridized carbons (Fsp3) is 0.400. The largest absolute Gasteiger partial charge is 0.338 e. The molecular weight excluding hydrogens is 340 g/mol. The number of hydrogen-bond donors (Lipinski definition) is 1. The number of amides is 1. The lowest BCUT2D eigenvalue weighted by atomic mass is 9.94. The third-order valence-corrected chi connectivity index (χ3v) is 4.49. The molecule has 7 nitrogen and oxygen atoms in total. The highest BCUT2D eigenvalue weighted by Crippen LogP contribution is 2.30. The molecule has 1 aliphatic rings. The van der Waals surface area contributed by atoms with Crippen molar-refractivity contribution in [2.75, 3.05) is 39.0 Å². The zero-order chi connectivity index (χ0) is 19.1. The number of carbonyl (C=O) groups is 1. The summed E-state index contributed by atoms with van der Waals surface area (Å²) in [6, 6.07) is 5.69. The van der Waals surface area contributed by atoms with Gasteiger partial charge in [-0.2, -0.15) is 0 Å². The van der Waals surface area contributed by atoms with E-state index in [9.17, 15) is 4.79 Å². The molecule has 1 fully saturated rings. The molecule has 1 saturated heterocycles. The molecule has 2 aromatic rings. The van der Waals surface area contributed by atoms with Crippen LogP contribution >= 0.6 is 0 Å². The van der Waals surface area contributed by atoms with Gasteiger partial charge in [0.2, 0.25) is 5.91 Å². The summed E-state index contributed by atoms with van der Waals surface area (Å²) in [7, 11) is 3.96. The quantitative estimate of drug-likeness (QED) is 0.792. The Balaban J connectivity index is 1.71. The van der Waals surface area contributed by atoms with Gasteiger partial charge in [0.25, 0.3) is 0 Å². The van der Waals surface area contributed by atoms with Crippen LogP contribution in [-0.2, 0) is 4.79 Å². The highest BCUT2D eigenvalue weighted by molar-refractivity contribution is 5.87. The third-order valence-electron chi connectivity index (χ3n) is 4.49. The number of rotatable bonds is 6. The summed E-state index contributed by atoms with van der Waals surface area (Å²) in [6.45, 7) is 2.19. The van der Waals surface area contributed by atoms with Gasteiger partial charge in [0.15, 0.2) is 5.82 Å². The first-order valence-corrected chi connectivity index (χ1v) is 9.22. The lowest BCUT2D eigenvalue weighted by Gasteiger charge is -2.32. The van der Waals surface area contributed by atoms with E-state index in [4.69, 9.17) is 0 Å². The van der Waals surface area contributed by atoms with Crippen molar-refractivity contribution in [3.05, 3.63) is 54.6 Å². The number of aromatic nitrogens is 3. The molecule has 1 atom stereocenters. The van der Waals surface area contributed by atoms with Crippen LogP contribution in [0.4, 0.5) is 11.6 Å². The minimum Gasteiger partial charge on any atom is -0.338 e. The molecule has 0 saturated carbocycles. The van der Waals surface area contributed by atoms with E-state index in [-0.39, 0.29) is 11.8 Å². The highest BCUT2D eigenvalue weighted by atomic mass is 16.2. The maximum absolute atomic E-state index is 12.5. The van der Waals surface area contributed by atoms with Gasteiger partial charge in [-0.25, -0.2) is 9.97 Å². The Morgan fingerprint density at radius 1 is 1.26 bits per heavy atom. The third kappa shape index (κ3) is 5.34. The normalized spacial score (nSPS) is 17.4. The van der Waals surface area contributed by atoms with Gasteiger partial charge in [0.1, 0.15) is 5.82 Å². The predicted molar refractivity (Wildman–Crippen MR) is 106 cm³/mol. The number of hydrogen-bond acceptors (Lipinski definition) is 6. The number of piperidine rings is 1. The second kappa shape index (κ2) is 9.23. The second-order valence-electron chi connectivity index (χ2n) is 6.92. The molecule has 0 aliphatic carbocycles. The molecule has 0 spiro atoms. The standard InChI is InChI=1S/C20H26N6O/c1-25(2)13-6-9-18(27)26-14-5-7-16(15-26)19-20(23-12-11-22-19)24-17-8-3-4-10-21-17/h3-4,6,8-12,16H,5,7,13-15H2,1-2H3,(H,21,23,24)/b9-6+. The first-order valence-electron chi connectivity index (χ1n) is 9.22. The van der Waals surface area contributed by atoms with Crippen LogP contribution in [0.5, 0.6) is 0 Å². The van der Waals surface area contributed by atoms with Crippen molar-refractivity contribution in [1.82, 2.24) is 24.8 Å². The Kier molecular flexibility index (Phi) is 6.49. The maximum Gasteiger partial charge on any atom is 0.246 e. The molecule has 7 heteroatoms. The zero-order valence-corrected chi connectivity index (χ0v) is 15.9. The minimum atomic E-state index is 0.0599. The Labute approximate surface area is 160 Å². The van der Waals surface area contributed by atoms with Crippen molar-refractivity contribution in [3.8, 4) is 0 Å². The maximum atomic E-state index is 12.5. The van der Waals surface area contributed by atoms with Crippen molar-refractivity contribution in [2.45, 2.75) is 18.8 Å². The van der Waals surface area contributed by atoms with Gasteiger partial charge in [-0.3, -0.25) is 9.78 Å². The monoisotopic (exact) mass is 366 g/mol. The number of anilines is 2. The molecule has 3 rings (SSSR count). The first-order chi connectivity index (χ1) is 13.1. The van der Waals surface area contributed by atoms with Gasteiger partial charge in [-0.15, -0.1) is 0 Å². The predicted octanol–water partition coefficient (Wildman–Crippen LogP) is 2.44. The van der Waals surface area contributed by atoms with Crippen molar-refractivity contribution >= 4 is 17.5 Å². The van der Waals surface area contributed by atoms with Crippen LogP contribution in [0.2, 0.25) is 0 Å². The molecule has 1 N–H and O–H groups in total. The number of nitrogens with one attached hydrogen (secondary N) is 1. The molecule has 1 amide bonds. The molecule has 3 heterocycles. The van der Waals surface area contributed by atoms with E-state index in [0.29, 0.717) is 12.4 Å². The fourth-order valence-electron chi connectivity index (χ4n) is 3.17. The van der Waals surface area contributed by atoms with Crippen LogP contribution in [-0.4, -0.2) is 64.4 Å². The van der Waals surface area contributed by atoms with Crippen LogP contribution in [0.3, 0.4) is 0 Å². The van der Waals surface area contributed by atoms with Crippen molar-refractivity contribution in [2.24, 2.45) is 0 Å². The number of carbonyl (C=O) groups excluding carboxylic acids is 1. The van der Waals surface area contributed by atoms with Crippen LogP contribution in [0, 0.1) is 0 Å². The summed E-state index contributed by atoms with van der Waals surface area (Å²) in [4.78, 5) is 29.7. The van der Waals surface area contributed by atoms with E-state index in [1.54, 1.807) is 24.7 Å². The number of nitrogens with zero attached hydrogens (tertiary/aromatic N) is 5. The molecule has 0 radical (unpaired) electrons. The van der Waals surface area contributed by atoms with Gasteiger partial charge < -0.3 is 15.1 Å². The number of likely N-dealkylation sites (N-methyl/N-ethyl adjacent to an activating group) is 1. The summed E-state index contributed by atoms with van der Waals surface area (Å²) >= 11 is 0. The van der Waals surface area contributed by atoms with Crippen LogP contribution < -0.4 is 5.32 Å². The first kappa shape index (κ1) is 19.0. The Hall–Kier alpha value is -2.80. The SMILES string of the molecule is CN(C)C/C=C/C(=O)N1CCCC(c2nccnc2Nc2ccccn2)C1. The molecule has 0 aromatic carbocycles. The summed E-state index contributed by atoms with van der Waals surface area (Å²) in [5, 5.41) is 3.25. The lowest BCUT2D eigenvalue weighted by Crippen LogP contribution is -2.38. The molecule has 2 aromatic heterocycles. The van der Waals surface area contributed by atoms with Gasteiger partial charge in [0, 0.05) is 50.2 Å². The van der Waals surface area contributed by atoms with E-state index in [0.717, 1.165) is 37.4 Å². The molecule has 142 valence electrons. The van der Waals surface area contributed by atoms with E-state index < -0.39 is 0 Å². The summed E-state index contributed by atoms with van der Waals surface area (Å²) in [6.07, 6.45) is 10.6. The van der Waals surface area contributed by atoms with Gasteiger partial charge >= 0.3 is 0 Å². The zero-order valence-electron chi connectivity index (χ0n) is 15.9. The average Bonchev–Trinajstić information content (AvgIpc) is 2.69. The Bertz CT molecular complexity index is 777. The molecule has 0 bridgehead atoms. The minimum absolute atomic E-state index is 0.0599. The van der Waals surface area contributed by atoms with E-state index in [2.05, 4.69) is 20.3 Å². The number of pyridine rings is 1. The van der Waals surface area contributed by atoms with Crippen LogP contribution in [0.25, 0.3) is 0 Å². The average molecular weight is 366 g/mol. The summed E-state index contributed by atoms with van der Waals surface area (Å²) in [5.74, 6) is 1.66. The van der Waals surface area contributed by atoms with Crippen LogP contribution in [0.15, 0.2) is 48.9 Å². The second-order valence-corrected chi connectivity index (χ2v) is 6.92. The Morgan fingerprint density at radius 2 is 2.11 bits per heavy atom. The molecular formula is C20H26N6O. The topological polar surface area (TPSA) is 74.2 Å². The van der Waals surface area contributed by atoms with Crippen molar-refractivity contribution in [1.29, 1.82) is 0 Å². The summed E-state index contributed by atoms with van der Waals surface area (Å²) in [5.41, 5.74) is 0.887. The lowest BCUT2D eigenvalue weighted by molar-refractivity contribution is -0.127. The van der Waals surface area contributed by atoms with Gasteiger partial charge in [-0.1, -0.05) is 12.1 Å². The van der Waals surface area contributed by atoms with Gasteiger partial charge in [0.05, 0.1) is 5.69 Å². The summed E-state index contributed by atoms with van der Waals surface area (Å²) < 4.78 is 0. The van der Waals surface area contributed by atoms with Gasteiger partial charge in [-0.05, 0) is 39.1 Å². The fourth-order valence-corrected chi connectivity index (χ4v) is 3.17. The molecule has 1 unspecified atom stereocenters. The van der Waals surface area contributed by atoms with Crippen molar-refractivity contribution in [3.63, 3.8) is 0 Å². The van der Waals surface area contributed by atoms with E-state index in [1.807, 2.05) is 48.2 Å². The molecule has 27 heavy (non-hydrogen) atoms.